The van der Waals surface area contributed by atoms with Gasteiger partial charge in [-0.1, -0.05) is 13.8 Å². The lowest BCUT2D eigenvalue weighted by molar-refractivity contribution is 0.1000. The van der Waals surface area contributed by atoms with Crippen LogP contribution in [-0.2, 0) is 6.54 Å². The normalized spacial score (nSPS) is 12.7. The van der Waals surface area contributed by atoms with E-state index in [9.17, 15) is 9.18 Å². The average molecular weight is 254 g/mol. The molecule has 1 aromatic rings. The van der Waals surface area contributed by atoms with E-state index in [2.05, 4.69) is 5.32 Å². The molecular weight excluding hydrogens is 235 g/mol. The zero-order valence-electron chi connectivity index (χ0n) is 10.6. The van der Waals surface area contributed by atoms with Crippen molar-refractivity contribution in [3.63, 3.8) is 0 Å². The van der Waals surface area contributed by atoms with Gasteiger partial charge in [0.15, 0.2) is 0 Å². The van der Waals surface area contributed by atoms with Crippen molar-refractivity contribution in [2.45, 2.75) is 26.4 Å². The largest absolute Gasteiger partial charge is 0.395 e. The van der Waals surface area contributed by atoms with Crippen molar-refractivity contribution in [2.24, 2.45) is 11.7 Å². The zero-order chi connectivity index (χ0) is 13.7. The van der Waals surface area contributed by atoms with Gasteiger partial charge in [-0.3, -0.25) is 4.79 Å². The number of aliphatic hydroxyl groups is 1. The van der Waals surface area contributed by atoms with Crippen LogP contribution in [0.4, 0.5) is 4.39 Å². The predicted molar refractivity (Wildman–Crippen MR) is 67.5 cm³/mol. The molecule has 0 spiro atoms. The van der Waals surface area contributed by atoms with Crippen molar-refractivity contribution in [1.29, 1.82) is 0 Å². The maximum atomic E-state index is 13.5. The Kier molecular flexibility index (Phi) is 5.25. The highest BCUT2D eigenvalue weighted by Crippen LogP contribution is 2.11. The minimum atomic E-state index is -0.584. The van der Waals surface area contributed by atoms with E-state index in [0.29, 0.717) is 5.56 Å². The minimum absolute atomic E-state index is 0.0191. The molecule has 1 rings (SSSR count). The highest BCUT2D eigenvalue weighted by molar-refractivity contribution is 5.92. The SMILES string of the molecule is CC(C)C(CO)NCc1cc(C(N)=O)ccc1F. The molecule has 1 unspecified atom stereocenters. The lowest BCUT2D eigenvalue weighted by Gasteiger charge is -2.20. The molecule has 0 aliphatic carbocycles. The summed E-state index contributed by atoms with van der Waals surface area (Å²) in [5.74, 6) is -0.746. The van der Waals surface area contributed by atoms with Crippen LogP contribution >= 0.6 is 0 Å². The van der Waals surface area contributed by atoms with E-state index in [1.165, 1.54) is 18.2 Å². The quantitative estimate of drug-likeness (QED) is 0.709. The molecule has 0 saturated carbocycles. The zero-order valence-corrected chi connectivity index (χ0v) is 10.6. The van der Waals surface area contributed by atoms with Crippen molar-refractivity contribution >= 4 is 5.91 Å². The van der Waals surface area contributed by atoms with E-state index >= 15 is 0 Å². The fraction of sp³-hybridized carbons (Fsp3) is 0.462. The first-order chi connectivity index (χ1) is 8.45. The lowest BCUT2D eigenvalue weighted by Crippen LogP contribution is -2.36. The Morgan fingerprint density at radius 2 is 2.17 bits per heavy atom. The van der Waals surface area contributed by atoms with E-state index in [0.717, 1.165) is 0 Å². The van der Waals surface area contributed by atoms with Crippen molar-refractivity contribution in [3.05, 3.63) is 35.1 Å². The fourth-order valence-electron chi connectivity index (χ4n) is 1.62. The molecule has 0 aliphatic heterocycles. The second-order valence-corrected chi connectivity index (χ2v) is 4.58. The molecular formula is C13H19FN2O2. The summed E-state index contributed by atoms with van der Waals surface area (Å²) in [5.41, 5.74) is 5.78. The lowest BCUT2D eigenvalue weighted by atomic mass is 10.0. The van der Waals surface area contributed by atoms with Gasteiger partial charge in [-0.05, 0) is 24.1 Å². The molecule has 0 saturated heterocycles. The molecule has 100 valence electrons. The monoisotopic (exact) mass is 254 g/mol. The summed E-state index contributed by atoms with van der Waals surface area (Å²) in [6.07, 6.45) is 0. The highest BCUT2D eigenvalue weighted by atomic mass is 19.1. The number of carbonyl (C=O) groups excluding carboxylic acids is 1. The van der Waals surface area contributed by atoms with E-state index in [1.807, 2.05) is 13.8 Å². The Labute approximate surface area is 106 Å². The molecule has 1 atom stereocenters. The number of carbonyl (C=O) groups is 1. The Morgan fingerprint density at radius 3 is 2.67 bits per heavy atom. The van der Waals surface area contributed by atoms with Crippen LogP contribution in [-0.4, -0.2) is 23.7 Å². The number of amides is 1. The van der Waals surface area contributed by atoms with Crippen LogP contribution in [0, 0.1) is 11.7 Å². The van der Waals surface area contributed by atoms with Gasteiger partial charge in [0.1, 0.15) is 5.82 Å². The number of hydrogen-bond acceptors (Lipinski definition) is 3. The number of primary amides is 1. The number of nitrogens with two attached hydrogens (primary N) is 1. The standard InChI is InChI=1S/C13H19FN2O2/c1-8(2)12(7-17)16-6-10-5-9(13(15)18)3-4-11(10)14/h3-5,8,12,16-17H,6-7H2,1-2H3,(H2,15,18). The number of hydrogen-bond donors (Lipinski definition) is 3. The molecule has 4 N–H and O–H groups in total. The molecule has 4 nitrogen and oxygen atoms in total. The van der Waals surface area contributed by atoms with Crippen molar-refractivity contribution < 1.29 is 14.3 Å². The molecule has 0 radical (unpaired) electrons. The number of nitrogens with one attached hydrogen (secondary N) is 1. The van der Waals surface area contributed by atoms with Crippen molar-refractivity contribution in [3.8, 4) is 0 Å². The summed E-state index contributed by atoms with van der Waals surface area (Å²) >= 11 is 0. The summed E-state index contributed by atoms with van der Waals surface area (Å²) in [4.78, 5) is 11.0. The molecule has 0 fully saturated rings. The Hall–Kier alpha value is -1.46. The molecule has 0 aromatic heterocycles. The van der Waals surface area contributed by atoms with Gasteiger partial charge in [0.2, 0.25) is 5.91 Å². The van der Waals surface area contributed by atoms with Gasteiger partial charge in [0.25, 0.3) is 0 Å². The van der Waals surface area contributed by atoms with Crippen molar-refractivity contribution in [1.82, 2.24) is 5.32 Å². The fourth-order valence-corrected chi connectivity index (χ4v) is 1.62. The smallest absolute Gasteiger partial charge is 0.248 e. The predicted octanol–water partition coefficient (Wildman–Crippen LogP) is 1.03. The molecule has 0 aliphatic rings. The van der Waals surface area contributed by atoms with Crippen LogP contribution < -0.4 is 11.1 Å². The van der Waals surface area contributed by atoms with Gasteiger partial charge in [0.05, 0.1) is 6.61 Å². The molecule has 1 aromatic carbocycles. The third kappa shape index (κ3) is 3.78. The van der Waals surface area contributed by atoms with E-state index in [1.54, 1.807) is 0 Å². The van der Waals surface area contributed by atoms with Gasteiger partial charge >= 0.3 is 0 Å². The van der Waals surface area contributed by atoms with Crippen LogP contribution in [0.5, 0.6) is 0 Å². The van der Waals surface area contributed by atoms with Crippen LogP contribution in [0.15, 0.2) is 18.2 Å². The van der Waals surface area contributed by atoms with E-state index < -0.39 is 11.7 Å². The first-order valence-electron chi connectivity index (χ1n) is 5.88. The number of rotatable bonds is 6. The van der Waals surface area contributed by atoms with Crippen molar-refractivity contribution in [2.75, 3.05) is 6.61 Å². The van der Waals surface area contributed by atoms with Crippen LogP contribution in [0.25, 0.3) is 0 Å². The summed E-state index contributed by atoms with van der Waals surface area (Å²) in [6, 6.07) is 3.90. The molecule has 1 amide bonds. The summed E-state index contributed by atoms with van der Waals surface area (Å²) in [7, 11) is 0. The summed E-state index contributed by atoms with van der Waals surface area (Å²) < 4.78 is 13.5. The highest BCUT2D eigenvalue weighted by Gasteiger charge is 2.13. The topological polar surface area (TPSA) is 75.3 Å². The second kappa shape index (κ2) is 6.47. The average Bonchev–Trinajstić information content (AvgIpc) is 2.31. The maximum absolute atomic E-state index is 13.5. The molecule has 0 heterocycles. The molecule has 18 heavy (non-hydrogen) atoms. The Bertz CT molecular complexity index is 421. The first-order valence-corrected chi connectivity index (χ1v) is 5.88. The van der Waals surface area contributed by atoms with Gasteiger partial charge < -0.3 is 16.2 Å². The summed E-state index contributed by atoms with van der Waals surface area (Å²) in [5, 5.41) is 12.2. The number of benzene rings is 1. The second-order valence-electron chi connectivity index (χ2n) is 4.58. The summed E-state index contributed by atoms with van der Waals surface area (Å²) in [6.45, 7) is 4.15. The number of aliphatic hydroxyl groups excluding tert-OH is 1. The minimum Gasteiger partial charge on any atom is -0.395 e. The Balaban J connectivity index is 2.77. The van der Waals surface area contributed by atoms with E-state index in [4.69, 9.17) is 10.8 Å². The van der Waals surface area contributed by atoms with Crippen LogP contribution in [0.2, 0.25) is 0 Å². The van der Waals surface area contributed by atoms with Gasteiger partial charge in [0, 0.05) is 23.7 Å². The van der Waals surface area contributed by atoms with Gasteiger partial charge in [-0.25, -0.2) is 4.39 Å². The van der Waals surface area contributed by atoms with E-state index in [-0.39, 0.29) is 30.7 Å². The molecule has 0 bridgehead atoms. The molecule has 5 heteroatoms. The van der Waals surface area contributed by atoms with Crippen LogP contribution in [0.3, 0.4) is 0 Å². The number of halogens is 1. The Morgan fingerprint density at radius 1 is 1.50 bits per heavy atom. The third-order valence-corrected chi connectivity index (χ3v) is 2.89. The van der Waals surface area contributed by atoms with Gasteiger partial charge in [-0.15, -0.1) is 0 Å². The first kappa shape index (κ1) is 14.6. The van der Waals surface area contributed by atoms with Gasteiger partial charge in [-0.2, -0.15) is 0 Å². The van der Waals surface area contributed by atoms with Crippen LogP contribution in [0.1, 0.15) is 29.8 Å². The third-order valence-electron chi connectivity index (χ3n) is 2.89. The maximum Gasteiger partial charge on any atom is 0.248 e.